The van der Waals surface area contributed by atoms with Gasteiger partial charge >= 0.3 is 0 Å². The first kappa shape index (κ1) is 17.5. The fourth-order valence-electron chi connectivity index (χ4n) is 4.41. The first-order valence-electron chi connectivity index (χ1n) is 9.13. The number of fused-ring (bicyclic) bond motifs is 2. The molecule has 4 rings (SSSR count). The summed E-state index contributed by atoms with van der Waals surface area (Å²) in [7, 11) is 1.87. The number of thiophene rings is 1. The number of carbonyl (C=O) groups is 2. The molecular weight excluding hydrogens is 350 g/mol. The molecule has 4 atom stereocenters. The standard InChI is InChI=1S/C18H25N5O2S/c1-9-12-6-15(26-18(12)22(3)21-9)16(24)20-10(2)17(25)23-7-11-4-5-14(19)13(11)8-23/h6,10-11,13-14H,4-5,7-8,19H2,1-3H3,(H,20,24). The molecule has 2 aliphatic rings. The highest BCUT2D eigenvalue weighted by Crippen LogP contribution is 2.37. The van der Waals surface area contributed by atoms with Gasteiger partial charge in [-0.25, -0.2) is 0 Å². The van der Waals surface area contributed by atoms with Crippen molar-refractivity contribution in [3.63, 3.8) is 0 Å². The van der Waals surface area contributed by atoms with Crippen molar-refractivity contribution in [1.29, 1.82) is 0 Å². The molecule has 1 aliphatic heterocycles. The number of aryl methyl sites for hydroxylation is 2. The van der Waals surface area contributed by atoms with Crippen molar-refractivity contribution in [2.45, 2.75) is 38.8 Å². The van der Waals surface area contributed by atoms with Crippen LogP contribution in [0.2, 0.25) is 0 Å². The minimum atomic E-state index is -0.540. The number of carbonyl (C=O) groups excluding carboxylic acids is 2. The van der Waals surface area contributed by atoms with E-state index in [-0.39, 0.29) is 17.9 Å². The molecule has 1 saturated heterocycles. The Hall–Kier alpha value is -1.93. The van der Waals surface area contributed by atoms with Crippen LogP contribution in [-0.2, 0) is 11.8 Å². The molecule has 4 unspecified atom stereocenters. The van der Waals surface area contributed by atoms with Crippen molar-refractivity contribution in [3.05, 3.63) is 16.6 Å². The molecule has 1 aliphatic carbocycles. The summed E-state index contributed by atoms with van der Waals surface area (Å²) in [5.74, 6) is 0.719. The predicted octanol–water partition coefficient (Wildman–Crippen LogP) is 1.26. The molecule has 3 N–H and O–H groups in total. The van der Waals surface area contributed by atoms with Crippen LogP contribution in [0.15, 0.2) is 6.07 Å². The molecule has 2 fully saturated rings. The normalized spacial score (nSPS) is 26.3. The average Bonchev–Trinajstić information content (AvgIpc) is 3.32. The highest BCUT2D eigenvalue weighted by atomic mass is 32.1. The number of rotatable bonds is 3. The maximum Gasteiger partial charge on any atom is 0.262 e. The van der Waals surface area contributed by atoms with E-state index < -0.39 is 6.04 Å². The first-order chi connectivity index (χ1) is 12.3. The van der Waals surface area contributed by atoms with Gasteiger partial charge in [0.25, 0.3) is 5.91 Å². The summed E-state index contributed by atoms with van der Waals surface area (Å²) in [6, 6.07) is 1.52. The monoisotopic (exact) mass is 375 g/mol. The van der Waals surface area contributed by atoms with Crippen LogP contribution in [0.3, 0.4) is 0 Å². The Morgan fingerprint density at radius 2 is 2.15 bits per heavy atom. The zero-order valence-electron chi connectivity index (χ0n) is 15.4. The molecule has 0 bridgehead atoms. The Morgan fingerprint density at radius 3 is 2.85 bits per heavy atom. The number of aromatic nitrogens is 2. The summed E-state index contributed by atoms with van der Waals surface area (Å²) < 4.78 is 1.78. The summed E-state index contributed by atoms with van der Waals surface area (Å²) in [6.07, 6.45) is 2.16. The van der Waals surface area contributed by atoms with E-state index in [0.29, 0.717) is 16.7 Å². The van der Waals surface area contributed by atoms with Gasteiger partial charge in [-0.3, -0.25) is 14.3 Å². The van der Waals surface area contributed by atoms with Crippen LogP contribution < -0.4 is 11.1 Å². The van der Waals surface area contributed by atoms with E-state index in [1.807, 2.05) is 24.9 Å². The fourth-order valence-corrected chi connectivity index (χ4v) is 5.43. The molecule has 7 nitrogen and oxygen atoms in total. The zero-order chi connectivity index (χ0) is 18.6. The number of amides is 2. The summed E-state index contributed by atoms with van der Waals surface area (Å²) in [5.41, 5.74) is 7.06. The van der Waals surface area contributed by atoms with Crippen molar-refractivity contribution in [3.8, 4) is 0 Å². The van der Waals surface area contributed by atoms with Gasteiger partial charge in [0, 0.05) is 31.6 Å². The Balaban J connectivity index is 1.42. The Labute approximate surface area is 156 Å². The van der Waals surface area contributed by atoms with E-state index in [1.165, 1.54) is 11.3 Å². The van der Waals surface area contributed by atoms with Gasteiger partial charge in [-0.05, 0) is 44.6 Å². The van der Waals surface area contributed by atoms with Crippen LogP contribution in [0.4, 0.5) is 0 Å². The predicted molar refractivity (Wildman–Crippen MR) is 101 cm³/mol. The summed E-state index contributed by atoms with van der Waals surface area (Å²) in [6.45, 7) is 5.18. The third kappa shape index (κ3) is 2.81. The van der Waals surface area contributed by atoms with E-state index in [1.54, 1.807) is 11.6 Å². The number of hydrogen-bond donors (Lipinski definition) is 2. The number of nitrogens with two attached hydrogens (primary N) is 1. The number of nitrogens with one attached hydrogen (secondary N) is 1. The Morgan fingerprint density at radius 1 is 1.38 bits per heavy atom. The van der Waals surface area contributed by atoms with Gasteiger partial charge in [0.15, 0.2) is 0 Å². The Kier molecular flexibility index (Phi) is 4.27. The van der Waals surface area contributed by atoms with Crippen molar-refractivity contribution in [1.82, 2.24) is 20.0 Å². The number of nitrogens with zero attached hydrogens (tertiary/aromatic N) is 3. The van der Waals surface area contributed by atoms with Gasteiger partial charge in [-0.1, -0.05) is 0 Å². The van der Waals surface area contributed by atoms with Crippen LogP contribution >= 0.6 is 11.3 Å². The highest BCUT2D eigenvalue weighted by molar-refractivity contribution is 7.20. The van der Waals surface area contributed by atoms with Gasteiger partial charge in [0.05, 0.1) is 10.6 Å². The van der Waals surface area contributed by atoms with Crippen LogP contribution in [0.1, 0.15) is 35.1 Å². The van der Waals surface area contributed by atoms with Crippen molar-refractivity contribution in [2.24, 2.45) is 24.6 Å². The summed E-state index contributed by atoms with van der Waals surface area (Å²) >= 11 is 1.40. The van der Waals surface area contributed by atoms with Gasteiger partial charge in [0.2, 0.25) is 5.91 Å². The minimum Gasteiger partial charge on any atom is -0.340 e. The first-order valence-corrected chi connectivity index (χ1v) is 9.95. The summed E-state index contributed by atoms with van der Waals surface area (Å²) in [4.78, 5) is 28.8. The lowest BCUT2D eigenvalue weighted by Gasteiger charge is -2.23. The van der Waals surface area contributed by atoms with Gasteiger partial charge in [-0.2, -0.15) is 5.10 Å². The Bertz CT molecular complexity index is 838. The summed E-state index contributed by atoms with van der Waals surface area (Å²) in [5, 5.41) is 8.20. The fraction of sp³-hybridized carbons (Fsp3) is 0.611. The lowest BCUT2D eigenvalue weighted by Crippen LogP contribution is -2.46. The smallest absolute Gasteiger partial charge is 0.262 e. The van der Waals surface area contributed by atoms with Crippen molar-refractivity contribution >= 4 is 33.4 Å². The van der Waals surface area contributed by atoms with Crippen LogP contribution in [0, 0.1) is 18.8 Å². The second-order valence-electron chi connectivity index (χ2n) is 7.64. The molecule has 2 aromatic heterocycles. The van der Waals surface area contributed by atoms with Crippen LogP contribution in [-0.4, -0.2) is 51.7 Å². The third-order valence-corrected chi connectivity index (χ3v) is 7.06. The van der Waals surface area contributed by atoms with E-state index in [2.05, 4.69) is 10.4 Å². The maximum atomic E-state index is 12.7. The second-order valence-corrected chi connectivity index (χ2v) is 8.67. The van der Waals surface area contributed by atoms with Gasteiger partial charge in [-0.15, -0.1) is 11.3 Å². The highest BCUT2D eigenvalue weighted by Gasteiger charge is 2.43. The molecule has 140 valence electrons. The van der Waals surface area contributed by atoms with Crippen LogP contribution in [0.25, 0.3) is 10.2 Å². The molecule has 2 amide bonds. The molecule has 1 saturated carbocycles. The molecule has 26 heavy (non-hydrogen) atoms. The van der Waals surface area contributed by atoms with Crippen LogP contribution in [0.5, 0.6) is 0 Å². The minimum absolute atomic E-state index is 0.0149. The van der Waals surface area contributed by atoms with Gasteiger partial charge in [0.1, 0.15) is 10.9 Å². The van der Waals surface area contributed by atoms with Gasteiger partial charge < -0.3 is 16.0 Å². The largest absolute Gasteiger partial charge is 0.340 e. The molecule has 0 radical (unpaired) electrons. The SMILES string of the molecule is Cc1nn(C)c2sc(C(=O)NC(C)C(=O)N3CC4CCC(N)C4C3)cc12. The molecule has 2 aromatic rings. The zero-order valence-corrected chi connectivity index (χ0v) is 16.2. The number of hydrogen-bond acceptors (Lipinski definition) is 5. The molecule has 8 heteroatoms. The topological polar surface area (TPSA) is 93.2 Å². The molecule has 3 heterocycles. The van der Waals surface area contributed by atoms with E-state index >= 15 is 0 Å². The number of likely N-dealkylation sites (tertiary alicyclic amines) is 1. The lowest BCUT2D eigenvalue weighted by atomic mass is 9.98. The van der Waals surface area contributed by atoms with E-state index in [0.717, 1.165) is 41.8 Å². The maximum absolute atomic E-state index is 12.7. The molecular formula is C18H25N5O2S. The molecule has 0 spiro atoms. The molecule has 0 aromatic carbocycles. The second kappa shape index (κ2) is 6.35. The van der Waals surface area contributed by atoms with E-state index in [9.17, 15) is 9.59 Å². The van der Waals surface area contributed by atoms with Crippen molar-refractivity contribution < 1.29 is 9.59 Å². The van der Waals surface area contributed by atoms with Crippen molar-refractivity contribution in [2.75, 3.05) is 13.1 Å². The quantitative estimate of drug-likeness (QED) is 0.845. The average molecular weight is 375 g/mol. The lowest BCUT2D eigenvalue weighted by molar-refractivity contribution is -0.132. The van der Waals surface area contributed by atoms with E-state index in [4.69, 9.17) is 5.73 Å². The third-order valence-electron chi connectivity index (χ3n) is 5.86.